The van der Waals surface area contributed by atoms with Gasteiger partial charge < -0.3 is 5.11 Å². The maximum atomic E-state index is 12.1. The van der Waals surface area contributed by atoms with Crippen LogP contribution in [-0.2, 0) is 5.41 Å². The van der Waals surface area contributed by atoms with Gasteiger partial charge in [0.25, 0.3) is 5.91 Å². The van der Waals surface area contributed by atoms with Crippen molar-refractivity contribution in [1.29, 1.82) is 0 Å². The first-order valence-electron chi connectivity index (χ1n) is 6.83. The molecule has 0 aliphatic carbocycles. The van der Waals surface area contributed by atoms with Gasteiger partial charge in [-0.3, -0.25) is 10.1 Å². The van der Waals surface area contributed by atoms with Crippen LogP contribution in [0.15, 0.2) is 29.6 Å². The van der Waals surface area contributed by atoms with Crippen LogP contribution in [0.4, 0.5) is 5.13 Å². The number of hydrogen-bond donors (Lipinski definition) is 2. The van der Waals surface area contributed by atoms with Crippen LogP contribution in [0.2, 0.25) is 0 Å². The first-order valence-corrected chi connectivity index (χ1v) is 7.71. The van der Waals surface area contributed by atoms with E-state index in [-0.39, 0.29) is 11.3 Å². The van der Waals surface area contributed by atoms with Crippen molar-refractivity contribution in [2.75, 3.05) is 5.32 Å². The topological polar surface area (TPSA) is 62.2 Å². The molecule has 1 amide bonds. The van der Waals surface area contributed by atoms with Crippen LogP contribution in [0.5, 0.6) is 0 Å². The van der Waals surface area contributed by atoms with E-state index in [1.807, 2.05) is 24.3 Å². The Morgan fingerprint density at radius 1 is 1.29 bits per heavy atom. The summed E-state index contributed by atoms with van der Waals surface area (Å²) in [5, 5.41) is 14.4. The number of anilines is 1. The number of aromatic nitrogens is 1. The van der Waals surface area contributed by atoms with Crippen molar-refractivity contribution in [2.24, 2.45) is 0 Å². The van der Waals surface area contributed by atoms with E-state index >= 15 is 0 Å². The Bertz CT molecular complexity index is 624. The van der Waals surface area contributed by atoms with E-state index in [4.69, 9.17) is 0 Å². The maximum absolute atomic E-state index is 12.1. The quantitative estimate of drug-likeness (QED) is 0.908. The highest BCUT2D eigenvalue weighted by atomic mass is 32.1. The smallest absolute Gasteiger partial charge is 0.257 e. The Hall–Kier alpha value is -1.72. The number of nitrogens with zero attached hydrogens (tertiary/aromatic N) is 1. The second-order valence-corrected chi connectivity index (χ2v) is 6.89. The largest absolute Gasteiger partial charge is 0.387 e. The average Bonchev–Trinajstić information content (AvgIpc) is 2.86. The van der Waals surface area contributed by atoms with Crippen molar-refractivity contribution in [2.45, 2.75) is 39.2 Å². The SMILES string of the molecule is CC(O)c1csc(NC(=O)c2ccc(C(C)(C)C)cc2)n1. The normalized spacial score (nSPS) is 13.0. The summed E-state index contributed by atoms with van der Waals surface area (Å²) >= 11 is 1.31. The summed E-state index contributed by atoms with van der Waals surface area (Å²) in [4.78, 5) is 16.3. The third-order valence-electron chi connectivity index (χ3n) is 3.18. The van der Waals surface area contributed by atoms with Crippen LogP contribution in [0.3, 0.4) is 0 Å². The monoisotopic (exact) mass is 304 g/mol. The van der Waals surface area contributed by atoms with E-state index in [0.29, 0.717) is 16.4 Å². The number of amides is 1. The van der Waals surface area contributed by atoms with Gasteiger partial charge in [-0.15, -0.1) is 11.3 Å². The fraction of sp³-hybridized carbons (Fsp3) is 0.375. The molecule has 21 heavy (non-hydrogen) atoms. The van der Waals surface area contributed by atoms with E-state index in [0.717, 1.165) is 0 Å². The number of hydrogen-bond acceptors (Lipinski definition) is 4. The van der Waals surface area contributed by atoms with E-state index in [2.05, 4.69) is 31.1 Å². The molecule has 2 N–H and O–H groups in total. The van der Waals surface area contributed by atoms with Crippen LogP contribution in [0, 0.1) is 0 Å². The number of carbonyl (C=O) groups excluding carboxylic acids is 1. The highest BCUT2D eigenvalue weighted by Crippen LogP contribution is 2.23. The lowest BCUT2D eigenvalue weighted by Crippen LogP contribution is -2.14. The number of carbonyl (C=O) groups is 1. The summed E-state index contributed by atoms with van der Waals surface area (Å²) in [5.41, 5.74) is 2.41. The highest BCUT2D eigenvalue weighted by Gasteiger charge is 2.15. The molecule has 1 unspecified atom stereocenters. The molecular weight excluding hydrogens is 284 g/mol. The molecule has 0 fully saturated rings. The summed E-state index contributed by atoms with van der Waals surface area (Å²) in [7, 11) is 0. The maximum Gasteiger partial charge on any atom is 0.257 e. The summed E-state index contributed by atoms with van der Waals surface area (Å²) < 4.78 is 0. The molecule has 0 spiro atoms. The van der Waals surface area contributed by atoms with Crippen molar-refractivity contribution < 1.29 is 9.90 Å². The summed E-state index contributed by atoms with van der Waals surface area (Å²) in [5.74, 6) is -0.193. The van der Waals surface area contributed by atoms with E-state index in [9.17, 15) is 9.90 Å². The van der Waals surface area contributed by atoms with Crippen molar-refractivity contribution >= 4 is 22.4 Å². The Balaban J connectivity index is 2.09. The highest BCUT2D eigenvalue weighted by molar-refractivity contribution is 7.14. The zero-order valence-corrected chi connectivity index (χ0v) is 13.5. The molecule has 0 saturated carbocycles. The van der Waals surface area contributed by atoms with Crippen LogP contribution in [-0.4, -0.2) is 16.0 Å². The van der Waals surface area contributed by atoms with Crippen LogP contribution in [0.25, 0.3) is 0 Å². The molecule has 2 aromatic rings. The van der Waals surface area contributed by atoms with Gasteiger partial charge in [0.15, 0.2) is 5.13 Å². The molecule has 5 heteroatoms. The molecule has 0 radical (unpaired) electrons. The van der Waals surface area contributed by atoms with Gasteiger partial charge in [0.1, 0.15) is 0 Å². The fourth-order valence-electron chi connectivity index (χ4n) is 1.83. The minimum Gasteiger partial charge on any atom is -0.387 e. The minimum atomic E-state index is -0.627. The molecule has 1 aromatic carbocycles. The predicted octanol–water partition coefficient (Wildman–Crippen LogP) is 3.75. The number of aliphatic hydroxyl groups excluding tert-OH is 1. The van der Waals surface area contributed by atoms with Gasteiger partial charge in [-0.2, -0.15) is 0 Å². The zero-order chi connectivity index (χ0) is 15.6. The molecule has 0 aliphatic heterocycles. The molecule has 1 heterocycles. The lowest BCUT2D eigenvalue weighted by Gasteiger charge is -2.18. The minimum absolute atomic E-state index is 0.0660. The second-order valence-electron chi connectivity index (χ2n) is 6.03. The van der Waals surface area contributed by atoms with Crippen LogP contribution < -0.4 is 5.32 Å². The summed E-state index contributed by atoms with van der Waals surface area (Å²) in [6, 6.07) is 7.58. The summed E-state index contributed by atoms with van der Waals surface area (Å²) in [6.07, 6.45) is -0.627. The molecule has 112 valence electrons. The van der Waals surface area contributed by atoms with Crippen molar-refractivity contribution in [3.63, 3.8) is 0 Å². The number of rotatable bonds is 3. The van der Waals surface area contributed by atoms with Gasteiger partial charge >= 0.3 is 0 Å². The number of aliphatic hydroxyl groups is 1. The standard InChI is InChI=1S/C16H20N2O2S/c1-10(19)13-9-21-15(17-13)18-14(20)11-5-7-12(8-6-11)16(2,3)4/h5-10,19H,1-4H3,(H,17,18,20). The van der Waals surface area contributed by atoms with Crippen molar-refractivity contribution in [3.05, 3.63) is 46.5 Å². The lowest BCUT2D eigenvalue weighted by molar-refractivity contribution is 0.102. The summed E-state index contributed by atoms with van der Waals surface area (Å²) in [6.45, 7) is 8.05. The molecule has 2 rings (SSSR count). The Kier molecular flexibility index (Phi) is 4.44. The third kappa shape index (κ3) is 3.89. The predicted molar refractivity (Wildman–Crippen MR) is 85.8 cm³/mol. The van der Waals surface area contributed by atoms with E-state index in [1.54, 1.807) is 12.3 Å². The van der Waals surface area contributed by atoms with E-state index < -0.39 is 6.10 Å². The Labute approximate surface area is 128 Å². The molecule has 1 aromatic heterocycles. The first-order chi connectivity index (χ1) is 9.77. The average molecular weight is 304 g/mol. The van der Waals surface area contributed by atoms with Crippen LogP contribution in [0.1, 0.15) is 55.4 Å². The molecular formula is C16H20N2O2S. The van der Waals surface area contributed by atoms with Crippen molar-refractivity contribution in [3.8, 4) is 0 Å². The second kappa shape index (κ2) is 5.95. The molecule has 0 saturated heterocycles. The molecule has 0 bridgehead atoms. The van der Waals surface area contributed by atoms with Gasteiger partial charge in [-0.25, -0.2) is 4.98 Å². The van der Waals surface area contributed by atoms with Gasteiger partial charge in [-0.05, 0) is 30.0 Å². The zero-order valence-electron chi connectivity index (χ0n) is 12.7. The van der Waals surface area contributed by atoms with Crippen LogP contribution >= 0.6 is 11.3 Å². The van der Waals surface area contributed by atoms with E-state index in [1.165, 1.54) is 16.9 Å². The Morgan fingerprint density at radius 3 is 2.38 bits per heavy atom. The van der Waals surface area contributed by atoms with Gasteiger partial charge in [-0.1, -0.05) is 32.9 Å². The Morgan fingerprint density at radius 2 is 1.90 bits per heavy atom. The number of nitrogens with one attached hydrogen (secondary N) is 1. The number of benzene rings is 1. The van der Waals surface area contributed by atoms with Gasteiger partial charge in [0.05, 0.1) is 11.8 Å². The number of thiazole rings is 1. The molecule has 4 nitrogen and oxygen atoms in total. The third-order valence-corrected chi connectivity index (χ3v) is 3.96. The lowest BCUT2D eigenvalue weighted by atomic mass is 9.87. The fourth-order valence-corrected chi connectivity index (χ4v) is 2.62. The van der Waals surface area contributed by atoms with Gasteiger partial charge in [0, 0.05) is 10.9 Å². The van der Waals surface area contributed by atoms with Crippen molar-refractivity contribution in [1.82, 2.24) is 4.98 Å². The molecule has 0 aliphatic rings. The van der Waals surface area contributed by atoms with Gasteiger partial charge in [0.2, 0.25) is 0 Å². The molecule has 1 atom stereocenters. The first kappa shape index (κ1) is 15.7.